The third-order valence-electron chi connectivity index (χ3n) is 2.89. The van der Waals surface area contributed by atoms with Gasteiger partial charge in [0.2, 0.25) is 0 Å². The predicted octanol–water partition coefficient (Wildman–Crippen LogP) is 0.892. The quantitative estimate of drug-likeness (QED) is 0.749. The van der Waals surface area contributed by atoms with Gasteiger partial charge in [-0.05, 0) is 13.3 Å². The molecule has 2 aromatic rings. The summed E-state index contributed by atoms with van der Waals surface area (Å²) in [6, 6.07) is 0. The van der Waals surface area contributed by atoms with Crippen molar-refractivity contribution in [3.05, 3.63) is 29.3 Å². The highest BCUT2D eigenvalue weighted by atomic mass is 16.5. The summed E-state index contributed by atoms with van der Waals surface area (Å²) in [6.07, 6.45) is 4.42. The van der Waals surface area contributed by atoms with Crippen LogP contribution in [-0.4, -0.2) is 37.9 Å². The monoisotopic (exact) mass is 263 g/mol. The third-order valence-corrected chi connectivity index (χ3v) is 2.89. The molecule has 0 fully saturated rings. The molecule has 0 aliphatic carbocycles. The molecule has 19 heavy (non-hydrogen) atoms. The van der Waals surface area contributed by atoms with Gasteiger partial charge in [-0.15, -0.1) is 5.10 Å². The van der Waals surface area contributed by atoms with Gasteiger partial charge < -0.3 is 4.74 Å². The minimum atomic E-state index is -0.452. The van der Waals surface area contributed by atoms with Gasteiger partial charge in [-0.1, -0.05) is 12.1 Å². The van der Waals surface area contributed by atoms with E-state index in [1.165, 1.54) is 7.11 Å². The first-order valence-electron chi connectivity index (χ1n) is 6.21. The van der Waals surface area contributed by atoms with Crippen LogP contribution >= 0.6 is 0 Å². The molecule has 0 aliphatic heterocycles. The molecule has 2 rings (SSSR count). The Bertz CT molecular complexity index is 572. The fraction of sp³-hybridized carbons (Fsp3) is 0.500. The molecule has 0 saturated heterocycles. The normalized spacial score (nSPS) is 10.7. The van der Waals surface area contributed by atoms with E-state index < -0.39 is 5.97 Å². The second kappa shape index (κ2) is 5.64. The third kappa shape index (κ3) is 2.64. The molecule has 7 heteroatoms. The molecule has 0 atom stereocenters. The van der Waals surface area contributed by atoms with Crippen molar-refractivity contribution in [2.45, 2.75) is 33.4 Å². The molecule has 0 saturated carbocycles. The van der Waals surface area contributed by atoms with E-state index in [-0.39, 0.29) is 5.69 Å². The summed E-state index contributed by atoms with van der Waals surface area (Å²) in [5.41, 5.74) is 2.09. The van der Waals surface area contributed by atoms with E-state index in [0.717, 1.165) is 17.8 Å². The standard InChI is InChI=1S/C12H17N5O2/c1-4-10-11(12(18)19-3)14-15-17(10)8-9-6-13-16(5-2)7-9/h6-7H,4-5,8H2,1-3H3. The highest BCUT2D eigenvalue weighted by Crippen LogP contribution is 2.10. The van der Waals surface area contributed by atoms with E-state index in [2.05, 4.69) is 15.4 Å². The summed E-state index contributed by atoms with van der Waals surface area (Å²) in [4.78, 5) is 11.6. The van der Waals surface area contributed by atoms with E-state index in [1.54, 1.807) is 10.9 Å². The number of carbonyl (C=O) groups is 1. The lowest BCUT2D eigenvalue weighted by atomic mass is 10.2. The van der Waals surface area contributed by atoms with Gasteiger partial charge in [-0.2, -0.15) is 5.10 Å². The zero-order valence-corrected chi connectivity index (χ0v) is 11.3. The second-order valence-electron chi connectivity index (χ2n) is 4.09. The van der Waals surface area contributed by atoms with Crippen molar-refractivity contribution < 1.29 is 9.53 Å². The lowest BCUT2D eigenvalue weighted by Crippen LogP contribution is -2.09. The van der Waals surface area contributed by atoms with Gasteiger partial charge in [0.15, 0.2) is 5.69 Å². The van der Waals surface area contributed by atoms with Crippen molar-refractivity contribution in [1.29, 1.82) is 0 Å². The van der Waals surface area contributed by atoms with E-state index >= 15 is 0 Å². The van der Waals surface area contributed by atoms with Crippen LogP contribution in [0.15, 0.2) is 12.4 Å². The average molecular weight is 263 g/mol. The van der Waals surface area contributed by atoms with E-state index in [4.69, 9.17) is 4.74 Å². The van der Waals surface area contributed by atoms with Gasteiger partial charge in [-0.25, -0.2) is 9.48 Å². The first-order valence-corrected chi connectivity index (χ1v) is 6.21. The molecule has 2 aromatic heterocycles. The average Bonchev–Trinajstić information content (AvgIpc) is 3.04. The van der Waals surface area contributed by atoms with Crippen molar-refractivity contribution in [3.8, 4) is 0 Å². The van der Waals surface area contributed by atoms with Crippen molar-refractivity contribution in [2.24, 2.45) is 0 Å². The number of nitrogens with zero attached hydrogens (tertiary/aromatic N) is 5. The summed E-state index contributed by atoms with van der Waals surface area (Å²) >= 11 is 0. The van der Waals surface area contributed by atoms with Gasteiger partial charge in [0.25, 0.3) is 0 Å². The maximum atomic E-state index is 11.6. The topological polar surface area (TPSA) is 74.8 Å². The number of aromatic nitrogens is 5. The molecule has 2 heterocycles. The zero-order chi connectivity index (χ0) is 13.8. The molecule has 7 nitrogen and oxygen atoms in total. The fourth-order valence-electron chi connectivity index (χ4n) is 1.90. The van der Waals surface area contributed by atoms with E-state index in [1.807, 2.05) is 24.7 Å². The first-order chi connectivity index (χ1) is 9.19. The van der Waals surface area contributed by atoms with Gasteiger partial charge in [0.05, 0.1) is 25.5 Å². The molecule has 0 aliphatic rings. The van der Waals surface area contributed by atoms with Crippen LogP contribution in [0.5, 0.6) is 0 Å². The highest BCUT2D eigenvalue weighted by molar-refractivity contribution is 5.88. The molecule has 0 amide bonds. The van der Waals surface area contributed by atoms with Crippen LogP contribution < -0.4 is 0 Å². The molecule has 0 spiro atoms. The number of methoxy groups -OCH3 is 1. The van der Waals surface area contributed by atoms with Crippen LogP contribution in [0.25, 0.3) is 0 Å². The maximum Gasteiger partial charge on any atom is 0.360 e. The maximum absolute atomic E-state index is 11.6. The Kier molecular flexibility index (Phi) is 3.94. The molecular weight excluding hydrogens is 246 g/mol. The molecule has 0 aromatic carbocycles. The Morgan fingerprint density at radius 3 is 2.79 bits per heavy atom. The molecule has 0 unspecified atom stereocenters. The number of aryl methyl sites for hydroxylation is 1. The number of hydrogen-bond acceptors (Lipinski definition) is 5. The van der Waals surface area contributed by atoms with Crippen LogP contribution in [0.4, 0.5) is 0 Å². The number of carbonyl (C=O) groups excluding carboxylic acids is 1. The summed E-state index contributed by atoms with van der Waals surface area (Å²) in [7, 11) is 1.34. The molecule has 0 radical (unpaired) electrons. The Labute approximate surface area is 111 Å². The van der Waals surface area contributed by atoms with Crippen molar-refractivity contribution in [1.82, 2.24) is 24.8 Å². The number of rotatable bonds is 5. The highest BCUT2D eigenvalue weighted by Gasteiger charge is 2.19. The van der Waals surface area contributed by atoms with Crippen LogP contribution in [-0.2, 0) is 24.2 Å². The Hall–Kier alpha value is -2.18. The van der Waals surface area contributed by atoms with Crippen molar-refractivity contribution in [2.75, 3.05) is 7.11 Å². The molecule has 0 bridgehead atoms. The SMILES string of the molecule is CCc1c(C(=O)OC)nnn1Cc1cnn(CC)c1. The summed E-state index contributed by atoms with van der Waals surface area (Å²) in [5, 5.41) is 12.1. The zero-order valence-electron chi connectivity index (χ0n) is 11.3. The van der Waals surface area contributed by atoms with E-state index in [9.17, 15) is 4.79 Å². The van der Waals surface area contributed by atoms with Gasteiger partial charge in [0, 0.05) is 18.3 Å². The fourth-order valence-corrected chi connectivity index (χ4v) is 1.90. The van der Waals surface area contributed by atoms with Crippen LogP contribution in [0.3, 0.4) is 0 Å². The Morgan fingerprint density at radius 1 is 1.42 bits per heavy atom. The lowest BCUT2D eigenvalue weighted by molar-refractivity contribution is 0.0592. The summed E-state index contributed by atoms with van der Waals surface area (Å²) in [6.45, 7) is 5.36. The van der Waals surface area contributed by atoms with Crippen LogP contribution in [0.1, 0.15) is 35.6 Å². The Morgan fingerprint density at radius 2 is 2.21 bits per heavy atom. The predicted molar refractivity (Wildman–Crippen MR) is 67.7 cm³/mol. The first kappa shape index (κ1) is 13.3. The van der Waals surface area contributed by atoms with Crippen LogP contribution in [0, 0.1) is 0 Å². The number of hydrogen-bond donors (Lipinski definition) is 0. The minimum absolute atomic E-state index is 0.285. The second-order valence-corrected chi connectivity index (χ2v) is 4.09. The molecule has 0 N–H and O–H groups in total. The Balaban J connectivity index is 2.25. The number of ether oxygens (including phenoxy) is 1. The number of esters is 1. The summed E-state index contributed by atoms with van der Waals surface area (Å²) in [5.74, 6) is -0.452. The van der Waals surface area contributed by atoms with Gasteiger partial charge in [-0.3, -0.25) is 4.68 Å². The summed E-state index contributed by atoms with van der Waals surface area (Å²) < 4.78 is 8.25. The van der Waals surface area contributed by atoms with Gasteiger partial charge in [0.1, 0.15) is 0 Å². The van der Waals surface area contributed by atoms with Gasteiger partial charge >= 0.3 is 5.97 Å². The van der Waals surface area contributed by atoms with Crippen LogP contribution in [0.2, 0.25) is 0 Å². The lowest BCUT2D eigenvalue weighted by Gasteiger charge is -2.03. The van der Waals surface area contributed by atoms with Crippen molar-refractivity contribution in [3.63, 3.8) is 0 Å². The minimum Gasteiger partial charge on any atom is -0.464 e. The van der Waals surface area contributed by atoms with Crippen molar-refractivity contribution >= 4 is 5.97 Å². The smallest absolute Gasteiger partial charge is 0.360 e. The molecular formula is C12H17N5O2. The van der Waals surface area contributed by atoms with E-state index in [0.29, 0.717) is 13.0 Å². The molecule has 102 valence electrons. The largest absolute Gasteiger partial charge is 0.464 e.